The fraction of sp³-hybridized carbons (Fsp3) is 0.467. The normalized spacial score (nSPS) is 19.3. The molecule has 1 saturated heterocycles. The Morgan fingerprint density at radius 2 is 2.39 bits per heavy atom. The van der Waals surface area contributed by atoms with Crippen LogP contribution in [0.15, 0.2) is 29.3 Å². The van der Waals surface area contributed by atoms with E-state index in [4.69, 9.17) is 11.6 Å². The van der Waals surface area contributed by atoms with Crippen LogP contribution in [0.4, 0.5) is 10.2 Å². The van der Waals surface area contributed by atoms with Crippen molar-refractivity contribution in [3.8, 4) is 0 Å². The molecule has 3 heterocycles. The highest BCUT2D eigenvalue weighted by atomic mass is 35.5. The van der Waals surface area contributed by atoms with E-state index in [-0.39, 0.29) is 24.0 Å². The van der Waals surface area contributed by atoms with Gasteiger partial charge in [0.25, 0.3) is 5.56 Å². The summed E-state index contributed by atoms with van der Waals surface area (Å²) in [6, 6.07) is 2.90. The molecule has 2 aromatic heterocycles. The number of aliphatic hydroxyl groups is 1. The maximum Gasteiger partial charge on any atom is 0.253 e. The molecule has 1 fully saturated rings. The highest BCUT2D eigenvalue weighted by molar-refractivity contribution is 6.18. The summed E-state index contributed by atoms with van der Waals surface area (Å²) >= 11 is 5.65. The topological polar surface area (TPSA) is 74.2 Å². The number of rotatable bonds is 5. The van der Waals surface area contributed by atoms with E-state index in [1.807, 2.05) is 11.0 Å². The third kappa shape index (κ3) is 3.25. The molecule has 2 atom stereocenters. The minimum absolute atomic E-state index is 0.117. The Morgan fingerprint density at radius 3 is 3.17 bits per heavy atom. The molecule has 0 unspecified atom stereocenters. The van der Waals surface area contributed by atoms with Gasteiger partial charge in [0.15, 0.2) is 0 Å². The molecule has 8 heteroatoms. The van der Waals surface area contributed by atoms with Crippen LogP contribution in [0.1, 0.15) is 24.4 Å². The molecule has 23 heavy (non-hydrogen) atoms. The van der Waals surface area contributed by atoms with E-state index in [0.717, 1.165) is 31.4 Å². The van der Waals surface area contributed by atoms with Crippen molar-refractivity contribution in [2.24, 2.45) is 0 Å². The molecule has 0 radical (unpaired) electrons. The van der Waals surface area contributed by atoms with Gasteiger partial charge in [0.05, 0.1) is 30.8 Å². The summed E-state index contributed by atoms with van der Waals surface area (Å²) in [5, 5.41) is 14.0. The van der Waals surface area contributed by atoms with Crippen LogP contribution in [0, 0.1) is 5.82 Å². The highest BCUT2D eigenvalue weighted by Crippen LogP contribution is 2.34. The van der Waals surface area contributed by atoms with Crippen molar-refractivity contribution in [1.29, 1.82) is 0 Å². The van der Waals surface area contributed by atoms with Gasteiger partial charge >= 0.3 is 0 Å². The van der Waals surface area contributed by atoms with E-state index in [2.05, 4.69) is 10.1 Å². The Morgan fingerprint density at radius 1 is 1.57 bits per heavy atom. The van der Waals surface area contributed by atoms with Crippen LogP contribution in [0.2, 0.25) is 0 Å². The number of hydrogen-bond donors (Lipinski definition) is 2. The van der Waals surface area contributed by atoms with Gasteiger partial charge in [-0.15, -0.1) is 11.6 Å². The van der Waals surface area contributed by atoms with Crippen LogP contribution in [0.5, 0.6) is 0 Å². The predicted molar refractivity (Wildman–Crippen MR) is 85.3 cm³/mol. The second-order valence-electron chi connectivity index (χ2n) is 5.63. The summed E-state index contributed by atoms with van der Waals surface area (Å²) < 4.78 is 15.2. The number of nitrogens with one attached hydrogen (secondary N) is 1. The molecule has 0 spiro atoms. The lowest BCUT2D eigenvalue weighted by Gasteiger charge is -2.27. The van der Waals surface area contributed by atoms with E-state index in [1.54, 1.807) is 10.9 Å². The molecule has 6 nitrogen and oxygen atoms in total. The summed E-state index contributed by atoms with van der Waals surface area (Å²) in [6.45, 7) is 1.01. The van der Waals surface area contributed by atoms with Crippen molar-refractivity contribution in [3.63, 3.8) is 0 Å². The van der Waals surface area contributed by atoms with Gasteiger partial charge in [-0.1, -0.05) is 0 Å². The average Bonchev–Trinajstić information content (AvgIpc) is 3.18. The standard InChI is InChI=1S/C15H18ClFN4O2/c16-7-11(22)9-21-14(3-4-19-21)20-5-1-2-13(20)12-6-10(17)8-18-15(12)23/h3-4,6,8,11,13,22H,1-2,5,7,9H2,(H,18,23)/t11-,13+/m0/s1. The van der Waals surface area contributed by atoms with E-state index >= 15 is 0 Å². The number of alkyl halides is 1. The van der Waals surface area contributed by atoms with Gasteiger partial charge in [0, 0.05) is 24.4 Å². The third-order valence-corrected chi connectivity index (χ3v) is 4.41. The van der Waals surface area contributed by atoms with Crippen LogP contribution < -0.4 is 10.5 Å². The minimum Gasteiger partial charge on any atom is -0.390 e. The largest absolute Gasteiger partial charge is 0.390 e. The Bertz CT molecular complexity index is 732. The Hall–Kier alpha value is -1.86. The third-order valence-electron chi connectivity index (χ3n) is 4.06. The number of H-pyrrole nitrogens is 1. The first kappa shape index (κ1) is 16.0. The van der Waals surface area contributed by atoms with Crippen molar-refractivity contribution >= 4 is 17.4 Å². The van der Waals surface area contributed by atoms with Gasteiger partial charge in [0.1, 0.15) is 11.6 Å². The summed E-state index contributed by atoms with van der Waals surface area (Å²) in [6.07, 6.45) is 3.65. The first-order valence-electron chi connectivity index (χ1n) is 7.50. The van der Waals surface area contributed by atoms with Crippen LogP contribution >= 0.6 is 11.6 Å². The molecule has 1 aliphatic rings. The SMILES string of the molecule is O=c1[nH]cc(F)cc1[C@H]1CCCN1c1ccnn1C[C@@H](O)CCl. The van der Waals surface area contributed by atoms with Gasteiger partial charge in [-0.05, 0) is 18.9 Å². The van der Waals surface area contributed by atoms with Gasteiger partial charge in [-0.25, -0.2) is 9.07 Å². The molecule has 0 aliphatic carbocycles. The van der Waals surface area contributed by atoms with Crippen molar-refractivity contribution in [2.45, 2.75) is 31.5 Å². The average molecular weight is 341 g/mol. The first-order valence-corrected chi connectivity index (χ1v) is 8.04. The Kier molecular flexibility index (Phi) is 4.68. The number of halogens is 2. The number of aromatic nitrogens is 3. The molecular weight excluding hydrogens is 323 g/mol. The summed E-state index contributed by atoms with van der Waals surface area (Å²) in [5.41, 5.74) is 0.128. The van der Waals surface area contributed by atoms with Crippen molar-refractivity contribution < 1.29 is 9.50 Å². The van der Waals surface area contributed by atoms with Crippen LogP contribution in [0.3, 0.4) is 0 Å². The van der Waals surface area contributed by atoms with Crippen LogP contribution in [-0.4, -0.2) is 38.4 Å². The first-order chi connectivity index (χ1) is 11.1. The molecule has 2 N–H and O–H groups in total. The molecule has 2 aromatic rings. The van der Waals surface area contributed by atoms with Gasteiger partial charge < -0.3 is 15.0 Å². The number of anilines is 1. The zero-order valence-corrected chi connectivity index (χ0v) is 13.2. The van der Waals surface area contributed by atoms with Gasteiger partial charge in [0.2, 0.25) is 0 Å². The zero-order chi connectivity index (χ0) is 16.4. The van der Waals surface area contributed by atoms with Crippen molar-refractivity contribution in [1.82, 2.24) is 14.8 Å². The molecule has 124 valence electrons. The number of aliphatic hydroxyl groups excluding tert-OH is 1. The van der Waals surface area contributed by atoms with E-state index in [9.17, 15) is 14.3 Å². The van der Waals surface area contributed by atoms with Crippen molar-refractivity contribution in [3.05, 3.63) is 46.3 Å². The van der Waals surface area contributed by atoms with Crippen molar-refractivity contribution in [2.75, 3.05) is 17.3 Å². The summed E-state index contributed by atoms with van der Waals surface area (Å²) in [4.78, 5) is 16.5. The minimum atomic E-state index is -0.700. The zero-order valence-electron chi connectivity index (χ0n) is 12.5. The van der Waals surface area contributed by atoms with Crippen LogP contribution in [-0.2, 0) is 6.54 Å². The molecule has 1 aliphatic heterocycles. The molecule has 0 aromatic carbocycles. The predicted octanol–water partition coefficient (Wildman–Crippen LogP) is 1.65. The fourth-order valence-corrected chi connectivity index (χ4v) is 3.14. The van der Waals surface area contributed by atoms with E-state index in [1.165, 1.54) is 6.07 Å². The Balaban J connectivity index is 1.92. The maximum atomic E-state index is 13.5. The maximum absolute atomic E-state index is 13.5. The highest BCUT2D eigenvalue weighted by Gasteiger charge is 2.30. The van der Waals surface area contributed by atoms with E-state index < -0.39 is 11.9 Å². The fourth-order valence-electron chi connectivity index (χ4n) is 3.04. The Labute approximate surface area is 137 Å². The van der Waals surface area contributed by atoms with Gasteiger partial charge in [-0.3, -0.25) is 4.79 Å². The molecule has 0 amide bonds. The number of aromatic amines is 1. The second kappa shape index (κ2) is 6.72. The lowest BCUT2D eigenvalue weighted by Crippen LogP contribution is -2.31. The molecule has 3 rings (SSSR count). The lowest BCUT2D eigenvalue weighted by molar-refractivity contribution is 0.172. The van der Waals surface area contributed by atoms with E-state index in [0.29, 0.717) is 5.56 Å². The second-order valence-corrected chi connectivity index (χ2v) is 5.94. The summed E-state index contributed by atoms with van der Waals surface area (Å²) in [7, 11) is 0. The summed E-state index contributed by atoms with van der Waals surface area (Å²) in [5.74, 6) is 0.449. The number of pyridine rings is 1. The molecule has 0 saturated carbocycles. The quantitative estimate of drug-likeness (QED) is 0.812. The molecule has 0 bridgehead atoms. The van der Waals surface area contributed by atoms with Crippen LogP contribution in [0.25, 0.3) is 0 Å². The number of nitrogens with zero attached hydrogens (tertiary/aromatic N) is 3. The van der Waals surface area contributed by atoms with Gasteiger partial charge in [-0.2, -0.15) is 5.10 Å². The monoisotopic (exact) mass is 340 g/mol. The lowest BCUT2D eigenvalue weighted by atomic mass is 10.1. The smallest absolute Gasteiger partial charge is 0.253 e. The number of hydrogen-bond acceptors (Lipinski definition) is 4. The molecular formula is C15H18ClFN4O2.